The van der Waals surface area contributed by atoms with Crippen molar-refractivity contribution in [3.8, 4) is 0 Å². The number of azide groups is 1. The summed E-state index contributed by atoms with van der Waals surface area (Å²) in [6.45, 7) is 2.52. The van der Waals surface area contributed by atoms with E-state index in [1.165, 1.54) is 0 Å². The van der Waals surface area contributed by atoms with Gasteiger partial charge in [0.1, 0.15) is 0 Å². The molecule has 0 atom stereocenters. The van der Waals surface area contributed by atoms with Gasteiger partial charge in [-0.15, -0.1) is 0 Å². The molecule has 0 aromatic heterocycles. The standard InChI is InChI=1S/C13H15N3O2/c1-2-18-13(17)10-12-7-5-11(6-8-12)4-3-9-15-16-14/h3-8H,2,9-10H2,1H3. The second-order valence-electron chi connectivity index (χ2n) is 3.54. The van der Waals surface area contributed by atoms with E-state index in [9.17, 15) is 4.79 Å². The highest BCUT2D eigenvalue weighted by atomic mass is 16.5. The molecule has 0 fully saturated rings. The summed E-state index contributed by atoms with van der Waals surface area (Å²) in [6, 6.07) is 7.57. The van der Waals surface area contributed by atoms with Gasteiger partial charge in [0.05, 0.1) is 13.0 Å². The van der Waals surface area contributed by atoms with E-state index in [4.69, 9.17) is 10.3 Å². The number of rotatable bonds is 6. The van der Waals surface area contributed by atoms with E-state index in [-0.39, 0.29) is 12.4 Å². The fourth-order valence-corrected chi connectivity index (χ4v) is 1.40. The third-order valence-corrected chi connectivity index (χ3v) is 2.19. The van der Waals surface area contributed by atoms with Gasteiger partial charge in [0, 0.05) is 11.5 Å². The first-order valence-corrected chi connectivity index (χ1v) is 5.68. The zero-order valence-corrected chi connectivity index (χ0v) is 10.2. The Hall–Kier alpha value is -2.26. The first kappa shape index (κ1) is 13.8. The molecule has 1 aromatic carbocycles. The quantitative estimate of drug-likeness (QED) is 0.334. The molecule has 1 rings (SSSR count). The Morgan fingerprint density at radius 3 is 2.78 bits per heavy atom. The number of carbonyl (C=O) groups is 1. The highest BCUT2D eigenvalue weighted by molar-refractivity contribution is 5.72. The molecular formula is C13H15N3O2. The minimum Gasteiger partial charge on any atom is -0.466 e. The van der Waals surface area contributed by atoms with Crippen LogP contribution in [-0.2, 0) is 16.0 Å². The van der Waals surface area contributed by atoms with E-state index in [1.54, 1.807) is 13.0 Å². The Bertz CT molecular complexity index is 460. The van der Waals surface area contributed by atoms with Gasteiger partial charge in [-0.1, -0.05) is 41.5 Å². The smallest absolute Gasteiger partial charge is 0.310 e. The summed E-state index contributed by atoms with van der Waals surface area (Å²) >= 11 is 0. The van der Waals surface area contributed by atoms with Crippen LogP contribution in [0.15, 0.2) is 35.5 Å². The van der Waals surface area contributed by atoms with Gasteiger partial charge < -0.3 is 4.74 Å². The summed E-state index contributed by atoms with van der Waals surface area (Å²) in [5, 5.41) is 3.40. The predicted molar refractivity (Wildman–Crippen MR) is 69.8 cm³/mol. The normalized spacial score (nSPS) is 10.1. The van der Waals surface area contributed by atoms with E-state index in [2.05, 4.69) is 10.0 Å². The van der Waals surface area contributed by atoms with Gasteiger partial charge in [0.2, 0.25) is 0 Å². The number of hydrogen-bond acceptors (Lipinski definition) is 3. The molecule has 0 radical (unpaired) electrons. The molecule has 0 amide bonds. The van der Waals surface area contributed by atoms with Crippen molar-refractivity contribution < 1.29 is 9.53 Å². The van der Waals surface area contributed by atoms with Gasteiger partial charge in [-0.05, 0) is 23.6 Å². The lowest BCUT2D eigenvalue weighted by atomic mass is 10.1. The van der Waals surface area contributed by atoms with Crippen molar-refractivity contribution in [2.24, 2.45) is 5.11 Å². The van der Waals surface area contributed by atoms with E-state index in [0.29, 0.717) is 13.2 Å². The maximum absolute atomic E-state index is 11.3. The monoisotopic (exact) mass is 245 g/mol. The molecular weight excluding hydrogens is 230 g/mol. The fraction of sp³-hybridized carbons (Fsp3) is 0.308. The molecule has 0 bridgehead atoms. The molecule has 0 saturated heterocycles. The second-order valence-corrected chi connectivity index (χ2v) is 3.54. The largest absolute Gasteiger partial charge is 0.466 e. The lowest BCUT2D eigenvalue weighted by molar-refractivity contribution is -0.142. The first-order valence-electron chi connectivity index (χ1n) is 5.68. The summed E-state index contributed by atoms with van der Waals surface area (Å²) in [7, 11) is 0. The Morgan fingerprint density at radius 1 is 1.44 bits per heavy atom. The summed E-state index contributed by atoms with van der Waals surface area (Å²) in [5.41, 5.74) is 10.0. The molecule has 5 nitrogen and oxygen atoms in total. The Labute approximate surface area is 106 Å². The van der Waals surface area contributed by atoms with Crippen molar-refractivity contribution in [3.05, 3.63) is 51.9 Å². The van der Waals surface area contributed by atoms with E-state index < -0.39 is 0 Å². The number of esters is 1. The van der Waals surface area contributed by atoms with Crippen LogP contribution in [0.5, 0.6) is 0 Å². The van der Waals surface area contributed by atoms with Crippen molar-refractivity contribution in [2.45, 2.75) is 13.3 Å². The molecule has 0 unspecified atom stereocenters. The van der Waals surface area contributed by atoms with Gasteiger partial charge in [0.15, 0.2) is 0 Å². The summed E-state index contributed by atoms with van der Waals surface area (Å²) < 4.78 is 4.87. The summed E-state index contributed by atoms with van der Waals surface area (Å²) in [4.78, 5) is 13.9. The number of benzene rings is 1. The molecule has 1 aromatic rings. The van der Waals surface area contributed by atoms with Crippen molar-refractivity contribution in [2.75, 3.05) is 13.2 Å². The third kappa shape index (κ3) is 5.18. The van der Waals surface area contributed by atoms with Crippen LogP contribution in [0.4, 0.5) is 0 Å². The van der Waals surface area contributed by atoms with Crippen molar-refractivity contribution in [1.29, 1.82) is 0 Å². The highest BCUT2D eigenvalue weighted by Gasteiger charge is 2.02. The van der Waals surface area contributed by atoms with Gasteiger partial charge in [-0.3, -0.25) is 4.79 Å². The van der Waals surface area contributed by atoms with Crippen LogP contribution in [0.2, 0.25) is 0 Å². The maximum Gasteiger partial charge on any atom is 0.310 e. The summed E-state index contributed by atoms with van der Waals surface area (Å²) in [5.74, 6) is -0.218. The zero-order chi connectivity index (χ0) is 13.2. The number of carbonyl (C=O) groups excluding carboxylic acids is 1. The second kappa shape index (κ2) is 7.92. The van der Waals surface area contributed by atoms with Gasteiger partial charge in [-0.25, -0.2) is 0 Å². The molecule has 0 aliphatic heterocycles. The van der Waals surface area contributed by atoms with Gasteiger partial charge in [-0.2, -0.15) is 0 Å². The van der Waals surface area contributed by atoms with Crippen molar-refractivity contribution >= 4 is 12.0 Å². The van der Waals surface area contributed by atoms with Crippen molar-refractivity contribution in [1.82, 2.24) is 0 Å². The van der Waals surface area contributed by atoms with E-state index in [0.717, 1.165) is 11.1 Å². The SMILES string of the molecule is CCOC(=O)Cc1ccc(C=CCN=[N+]=[N-])cc1. The molecule has 18 heavy (non-hydrogen) atoms. The average molecular weight is 245 g/mol. The van der Waals surface area contributed by atoms with Crippen LogP contribution in [0.25, 0.3) is 16.5 Å². The predicted octanol–water partition coefficient (Wildman–Crippen LogP) is 3.12. The molecule has 0 aliphatic carbocycles. The lowest BCUT2D eigenvalue weighted by Crippen LogP contribution is -2.07. The first-order chi connectivity index (χ1) is 8.76. The van der Waals surface area contributed by atoms with Gasteiger partial charge in [0.25, 0.3) is 0 Å². The molecule has 0 saturated carbocycles. The third-order valence-electron chi connectivity index (χ3n) is 2.19. The Balaban J connectivity index is 2.54. The molecule has 94 valence electrons. The zero-order valence-electron chi connectivity index (χ0n) is 10.2. The fourth-order valence-electron chi connectivity index (χ4n) is 1.40. The van der Waals surface area contributed by atoms with Crippen molar-refractivity contribution in [3.63, 3.8) is 0 Å². The molecule has 5 heteroatoms. The summed E-state index contributed by atoms with van der Waals surface area (Å²) in [6.07, 6.45) is 3.93. The number of nitrogens with zero attached hydrogens (tertiary/aromatic N) is 3. The Kier molecular flexibility index (Phi) is 6.08. The topological polar surface area (TPSA) is 75.1 Å². The van der Waals surface area contributed by atoms with Crippen LogP contribution in [-0.4, -0.2) is 19.1 Å². The molecule has 0 heterocycles. The molecule has 0 N–H and O–H groups in total. The minimum atomic E-state index is -0.218. The van der Waals surface area contributed by atoms with Crippen LogP contribution in [0, 0.1) is 0 Å². The Morgan fingerprint density at radius 2 is 2.17 bits per heavy atom. The molecule has 0 aliphatic rings. The van der Waals surface area contributed by atoms with Crippen LogP contribution < -0.4 is 0 Å². The number of ether oxygens (including phenoxy) is 1. The van der Waals surface area contributed by atoms with E-state index >= 15 is 0 Å². The average Bonchev–Trinajstić information content (AvgIpc) is 2.37. The van der Waals surface area contributed by atoms with Gasteiger partial charge >= 0.3 is 5.97 Å². The molecule has 0 spiro atoms. The highest BCUT2D eigenvalue weighted by Crippen LogP contribution is 2.07. The lowest BCUT2D eigenvalue weighted by Gasteiger charge is -2.02. The number of hydrogen-bond donors (Lipinski definition) is 0. The minimum absolute atomic E-state index is 0.218. The van der Waals surface area contributed by atoms with Crippen LogP contribution >= 0.6 is 0 Å². The van der Waals surface area contributed by atoms with Crippen LogP contribution in [0.1, 0.15) is 18.1 Å². The maximum atomic E-state index is 11.3. The van der Waals surface area contributed by atoms with Crippen LogP contribution in [0.3, 0.4) is 0 Å². The van der Waals surface area contributed by atoms with E-state index in [1.807, 2.05) is 30.3 Å².